The normalized spacial score (nSPS) is 18.4. The van der Waals surface area contributed by atoms with Crippen LogP contribution in [0.4, 0.5) is 0 Å². The van der Waals surface area contributed by atoms with Crippen molar-refractivity contribution >= 4 is 34.1 Å². The average Bonchev–Trinajstić information content (AvgIpc) is 3.22. The van der Waals surface area contributed by atoms with Gasteiger partial charge in [-0.05, 0) is 31.4 Å². The van der Waals surface area contributed by atoms with E-state index in [1.54, 1.807) is 18.2 Å². The van der Waals surface area contributed by atoms with Crippen molar-refractivity contribution < 1.29 is 14.3 Å². The largest absolute Gasteiger partial charge is 0.378 e. The zero-order valence-electron chi connectivity index (χ0n) is 13.0. The van der Waals surface area contributed by atoms with Crippen LogP contribution in [0.2, 0.25) is 5.02 Å². The van der Waals surface area contributed by atoms with Gasteiger partial charge in [-0.25, -0.2) is 0 Å². The van der Waals surface area contributed by atoms with E-state index in [0.717, 1.165) is 19.4 Å². The van der Waals surface area contributed by atoms with Crippen LogP contribution in [0.3, 0.4) is 0 Å². The van der Waals surface area contributed by atoms with Crippen molar-refractivity contribution in [3.63, 3.8) is 0 Å². The van der Waals surface area contributed by atoms with Crippen molar-refractivity contribution in [2.75, 3.05) is 6.61 Å². The molecule has 2 heterocycles. The van der Waals surface area contributed by atoms with E-state index in [4.69, 9.17) is 16.3 Å². The second-order valence-corrected chi connectivity index (χ2v) is 6.40. The molecule has 0 aliphatic carbocycles. The monoisotopic (exact) mass is 344 g/mol. The highest BCUT2D eigenvalue weighted by molar-refractivity contribution is 6.31. The summed E-state index contributed by atoms with van der Waals surface area (Å²) in [5.41, 5.74) is 1.05. The van der Waals surface area contributed by atoms with Gasteiger partial charge in [-0.1, -0.05) is 17.7 Å². The van der Waals surface area contributed by atoms with Crippen LogP contribution in [0.5, 0.6) is 0 Å². The van der Waals surface area contributed by atoms with E-state index in [1.807, 2.05) is 6.07 Å². The summed E-state index contributed by atoms with van der Waals surface area (Å²) in [5, 5.41) is 10.5. The summed E-state index contributed by atoms with van der Waals surface area (Å²) in [6.07, 6.45) is 4.27. The maximum absolute atomic E-state index is 12.6. The number of carbonyl (C=O) groups excluding carboxylic acids is 2. The molecule has 0 saturated carbocycles. The number of benzene rings is 1. The molecule has 1 aromatic carbocycles. The number of nitrogens with zero attached hydrogens (tertiary/aromatic N) is 1. The minimum Gasteiger partial charge on any atom is -0.378 e. The number of H-pyrrole nitrogens is 1. The SMILES string of the molecule is N#C[C@H](C(=O)CC[C@@H]1CCCO1)C(=O)c1c[nH]c2cc(Cl)ccc12. The Morgan fingerprint density at radius 2 is 2.29 bits per heavy atom. The Kier molecular flexibility index (Phi) is 4.98. The van der Waals surface area contributed by atoms with Gasteiger partial charge in [-0.15, -0.1) is 0 Å². The van der Waals surface area contributed by atoms with Crippen LogP contribution in [-0.2, 0) is 9.53 Å². The molecule has 6 heteroatoms. The fraction of sp³-hybridized carbons (Fsp3) is 0.389. The maximum atomic E-state index is 12.6. The van der Waals surface area contributed by atoms with Crippen molar-refractivity contribution in [2.45, 2.75) is 31.8 Å². The van der Waals surface area contributed by atoms with Gasteiger partial charge in [-0.2, -0.15) is 5.26 Å². The molecule has 3 rings (SSSR count). The number of aromatic nitrogens is 1. The first-order valence-electron chi connectivity index (χ1n) is 7.95. The van der Waals surface area contributed by atoms with E-state index < -0.39 is 11.7 Å². The third-order valence-electron chi connectivity index (χ3n) is 4.36. The molecule has 1 aromatic heterocycles. The molecule has 0 bridgehead atoms. The molecule has 0 amide bonds. The minimum absolute atomic E-state index is 0.0682. The van der Waals surface area contributed by atoms with Crippen LogP contribution in [0, 0.1) is 17.2 Å². The van der Waals surface area contributed by atoms with Crippen LogP contribution in [0.25, 0.3) is 10.9 Å². The van der Waals surface area contributed by atoms with Gasteiger partial charge in [0.2, 0.25) is 0 Å². The second-order valence-electron chi connectivity index (χ2n) is 5.96. The first kappa shape index (κ1) is 16.7. The van der Waals surface area contributed by atoms with E-state index in [0.29, 0.717) is 27.9 Å². The number of ketones is 2. The Labute approximate surface area is 144 Å². The Morgan fingerprint density at radius 3 is 3.00 bits per heavy atom. The van der Waals surface area contributed by atoms with Crippen molar-refractivity contribution in [1.82, 2.24) is 4.98 Å². The molecular weight excluding hydrogens is 328 g/mol. The summed E-state index contributed by atoms with van der Waals surface area (Å²) in [5.74, 6) is -2.09. The van der Waals surface area contributed by atoms with Gasteiger partial charge in [0.1, 0.15) is 0 Å². The van der Waals surface area contributed by atoms with Crippen molar-refractivity contribution in [3.8, 4) is 6.07 Å². The van der Waals surface area contributed by atoms with Crippen LogP contribution < -0.4 is 0 Å². The summed E-state index contributed by atoms with van der Waals surface area (Å²) in [6, 6.07) is 6.95. The zero-order chi connectivity index (χ0) is 17.1. The quantitative estimate of drug-likeness (QED) is 0.640. The van der Waals surface area contributed by atoms with Gasteiger partial charge in [0.25, 0.3) is 0 Å². The smallest absolute Gasteiger partial charge is 0.189 e. The number of halogens is 1. The second kappa shape index (κ2) is 7.16. The van der Waals surface area contributed by atoms with Crippen molar-refractivity contribution in [1.29, 1.82) is 5.26 Å². The number of nitriles is 1. The molecule has 1 aliphatic rings. The lowest BCUT2D eigenvalue weighted by Crippen LogP contribution is -2.23. The molecule has 2 atom stereocenters. The number of hydrogen-bond donors (Lipinski definition) is 1. The number of hydrogen-bond acceptors (Lipinski definition) is 4. The molecule has 1 fully saturated rings. The standard InChI is InChI=1S/C18H17ClN2O3/c19-11-3-5-13-15(10-21-16(13)8-11)18(23)14(9-20)17(22)6-4-12-2-1-7-24-12/h3,5,8,10,12,14,21H,1-2,4,6-7H2/t12-,14+/m0/s1. The number of nitrogens with one attached hydrogen (secondary N) is 1. The number of aromatic amines is 1. The van der Waals surface area contributed by atoms with Crippen molar-refractivity contribution in [3.05, 3.63) is 35.0 Å². The Bertz CT molecular complexity index is 815. The molecule has 1 N–H and O–H groups in total. The van der Waals surface area contributed by atoms with Crippen LogP contribution in [0.15, 0.2) is 24.4 Å². The molecule has 2 aromatic rings. The predicted molar refractivity (Wildman–Crippen MR) is 90.0 cm³/mol. The molecule has 0 radical (unpaired) electrons. The van der Waals surface area contributed by atoms with Crippen LogP contribution in [0.1, 0.15) is 36.0 Å². The highest BCUT2D eigenvalue weighted by atomic mass is 35.5. The maximum Gasteiger partial charge on any atom is 0.189 e. The first-order valence-corrected chi connectivity index (χ1v) is 8.32. The first-order chi connectivity index (χ1) is 11.6. The summed E-state index contributed by atoms with van der Waals surface area (Å²) >= 11 is 5.93. The lowest BCUT2D eigenvalue weighted by Gasteiger charge is -2.10. The Hall–Kier alpha value is -2.16. The van der Waals surface area contributed by atoms with Gasteiger partial charge in [-0.3, -0.25) is 9.59 Å². The summed E-state index contributed by atoms with van der Waals surface area (Å²) in [6.45, 7) is 0.720. The lowest BCUT2D eigenvalue weighted by molar-refractivity contribution is -0.120. The summed E-state index contributed by atoms with van der Waals surface area (Å²) < 4.78 is 5.48. The molecule has 1 aliphatic heterocycles. The molecule has 0 unspecified atom stereocenters. The number of fused-ring (bicyclic) bond motifs is 1. The van der Waals surface area contributed by atoms with E-state index in [9.17, 15) is 14.9 Å². The van der Waals surface area contributed by atoms with Crippen LogP contribution >= 0.6 is 11.6 Å². The number of carbonyl (C=O) groups is 2. The molecule has 0 spiro atoms. The number of Topliss-reactive ketones (excluding diaryl/α,β-unsaturated/α-hetero) is 2. The highest BCUT2D eigenvalue weighted by Crippen LogP contribution is 2.25. The average molecular weight is 345 g/mol. The number of ether oxygens (including phenoxy) is 1. The third-order valence-corrected chi connectivity index (χ3v) is 4.59. The molecule has 1 saturated heterocycles. The van der Waals surface area contributed by atoms with E-state index >= 15 is 0 Å². The molecule has 124 valence electrons. The Balaban J connectivity index is 1.75. The summed E-state index contributed by atoms with van der Waals surface area (Å²) in [4.78, 5) is 27.9. The van der Waals surface area contributed by atoms with Gasteiger partial charge in [0.05, 0.1) is 12.2 Å². The predicted octanol–water partition coefficient (Wildman–Crippen LogP) is 3.67. The minimum atomic E-state index is -1.28. The fourth-order valence-corrected chi connectivity index (χ4v) is 3.23. The lowest BCUT2D eigenvalue weighted by atomic mass is 9.91. The van der Waals surface area contributed by atoms with Gasteiger partial charge in [0, 0.05) is 40.7 Å². The molecular formula is C18H17ClN2O3. The van der Waals surface area contributed by atoms with E-state index in [-0.39, 0.29) is 18.3 Å². The Morgan fingerprint density at radius 1 is 1.46 bits per heavy atom. The topological polar surface area (TPSA) is 82.9 Å². The molecule has 24 heavy (non-hydrogen) atoms. The number of rotatable bonds is 6. The zero-order valence-corrected chi connectivity index (χ0v) is 13.8. The van der Waals surface area contributed by atoms with Gasteiger partial charge in [0.15, 0.2) is 17.5 Å². The highest BCUT2D eigenvalue weighted by Gasteiger charge is 2.29. The van der Waals surface area contributed by atoms with Crippen molar-refractivity contribution in [2.24, 2.45) is 5.92 Å². The van der Waals surface area contributed by atoms with Gasteiger partial charge < -0.3 is 9.72 Å². The van der Waals surface area contributed by atoms with E-state index in [2.05, 4.69) is 4.98 Å². The van der Waals surface area contributed by atoms with Crippen LogP contribution in [-0.4, -0.2) is 29.3 Å². The van der Waals surface area contributed by atoms with E-state index in [1.165, 1.54) is 6.20 Å². The summed E-state index contributed by atoms with van der Waals surface area (Å²) in [7, 11) is 0. The fourth-order valence-electron chi connectivity index (χ4n) is 3.05. The molecule has 5 nitrogen and oxygen atoms in total. The third kappa shape index (κ3) is 3.35. The van der Waals surface area contributed by atoms with Gasteiger partial charge >= 0.3 is 0 Å².